The van der Waals surface area contributed by atoms with Gasteiger partial charge >= 0.3 is 0 Å². The van der Waals surface area contributed by atoms with Crippen molar-refractivity contribution in [3.05, 3.63) is 52.0 Å². The van der Waals surface area contributed by atoms with Crippen molar-refractivity contribution >= 4 is 17.9 Å². The molecule has 2 aromatic heterocycles. The van der Waals surface area contributed by atoms with Gasteiger partial charge in [-0.05, 0) is 26.0 Å². The van der Waals surface area contributed by atoms with Crippen LogP contribution in [0.2, 0.25) is 5.02 Å². The van der Waals surface area contributed by atoms with Gasteiger partial charge in [0.15, 0.2) is 12.0 Å². The number of carbonyl (C=O) groups excluding carboxylic acids is 1. The molecule has 0 aliphatic carbocycles. The Morgan fingerprint density at radius 2 is 2.18 bits per heavy atom. The summed E-state index contributed by atoms with van der Waals surface area (Å²) in [5, 5.41) is 12.5. The zero-order valence-electron chi connectivity index (χ0n) is 12.1. The summed E-state index contributed by atoms with van der Waals surface area (Å²) in [5.74, 6) is 0.720. The molecule has 6 nitrogen and oxygen atoms in total. The number of nitrogens with zero attached hydrogens (tertiary/aromatic N) is 4. The lowest BCUT2D eigenvalue weighted by atomic mass is 10.1. The molecular weight excluding hydrogens is 304 g/mol. The fraction of sp³-hybridized carbons (Fsp3) is 0.200. The predicted molar refractivity (Wildman–Crippen MR) is 80.9 cm³/mol. The summed E-state index contributed by atoms with van der Waals surface area (Å²) >= 11 is 6.04. The van der Waals surface area contributed by atoms with E-state index < -0.39 is 0 Å². The van der Waals surface area contributed by atoms with E-state index in [4.69, 9.17) is 16.1 Å². The minimum absolute atomic E-state index is 0.272. The van der Waals surface area contributed by atoms with Gasteiger partial charge in [-0.3, -0.25) is 4.79 Å². The molecule has 0 saturated carbocycles. The SMILES string of the molecule is Cc1noc(C)c1Cn1nnc(C=O)c1-c1cccc(Cl)c1. The Morgan fingerprint density at radius 3 is 2.82 bits per heavy atom. The van der Waals surface area contributed by atoms with Crippen molar-refractivity contribution < 1.29 is 9.32 Å². The number of halogens is 1. The Balaban J connectivity index is 2.10. The molecule has 0 bridgehead atoms. The Kier molecular flexibility index (Phi) is 3.77. The highest BCUT2D eigenvalue weighted by Gasteiger charge is 2.18. The van der Waals surface area contributed by atoms with Crippen LogP contribution in [0.3, 0.4) is 0 Å². The fourth-order valence-corrected chi connectivity index (χ4v) is 2.52. The Morgan fingerprint density at radius 1 is 1.36 bits per heavy atom. The summed E-state index contributed by atoms with van der Waals surface area (Å²) in [6, 6.07) is 7.23. The lowest BCUT2D eigenvalue weighted by Crippen LogP contribution is -2.06. The van der Waals surface area contributed by atoms with Gasteiger partial charge in [0.1, 0.15) is 5.76 Å². The van der Waals surface area contributed by atoms with Crippen molar-refractivity contribution in [1.82, 2.24) is 20.2 Å². The van der Waals surface area contributed by atoms with Gasteiger partial charge in [-0.1, -0.05) is 34.1 Å². The third kappa shape index (κ3) is 2.53. The molecule has 3 rings (SSSR count). The lowest BCUT2D eigenvalue weighted by molar-refractivity contribution is 0.111. The van der Waals surface area contributed by atoms with E-state index in [0.717, 1.165) is 22.6 Å². The first-order valence-electron chi connectivity index (χ1n) is 6.66. The van der Waals surface area contributed by atoms with Crippen molar-refractivity contribution in [3.63, 3.8) is 0 Å². The predicted octanol–water partition coefficient (Wildman–Crippen LogP) is 3.06. The number of aldehydes is 1. The van der Waals surface area contributed by atoms with Crippen LogP contribution in [0, 0.1) is 13.8 Å². The molecule has 0 spiro atoms. The number of hydrogen-bond acceptors (Lipinski definition) is 5. The molecule has 0 aliphatic heterocycles. The highest BCUT2D eigenvalue weighted by molar-refractivity contribution is 6.30. The number of hydrogen-bond donors (Lipinski definition) is 0. The molecular formula is C15H13ClN4O2. The van der Waals surface area contributed by atoms with E-state index in [0.29, 0.717) is 23.5 Å². The molecule has 0 unspecified atom stereocenters. The number of aromatic nitrogens is 4. The van der Waals surface area contributed by atoms with Crippen LogP contribution in [0.25, 0.3) is 11.3 Å². The molecule has 0 saturated heterocycles. The molecule has 7 heteroatoms. The highest BCUT2D eigenvalue weighted by atomic mass is 35.5. The van der Waals surface area contributed by atoms with Gasteiger partial charge in [-0.25, -0.2) is 4.68 Å². The summed E-state index contributed by atoms with van der Waals surface area (Å²) in [4.78, 5) is 11.3. The van der Waals surface area contributed by atoms with Crippen molar-refractivity contribution in [2.45, 2.75) is 20.4 Å². The largest absolute Gasteiger partial charge is 0.361 e. The molecule has 3 aromatic rings. The second-order valence-electron chi connectivity index (χ2n) is 4.91. The quantitative estimate of drug-likeness (QED) is 0.692. The minimum Gasteiger partial charge on any atom is -0.361 e. The van der Waals surface area contributed by atoms with Gasteiger partial charge in [-0.2, -0.15) is 0 Å². The smallest absolute Gasteiger partial charge is 0.172 e. The van der Waals surface area contributed by atoms with Crippen LogP contribution in [0.1, 0.15) is 27.5 Å². The highest BCUT2D eigenvalue weighted by Crippen LogP contribution is 2.26. The van der Waals surface area contributed by atoms with Gasteiger partial charge < -0.3 is 4.52 Å². The first kappa shape index (κ1) is 14.5. The minimum atomic E-state index is 0.272. The van der Waals surface area contributed by atoms with E-state index in [1.807, 2.05) is 26.0 Å². The monoisotopic (exact) mass is 316 g/mol. The van der Waals surface area contributed by atoms with Crippen LogP contribution in [0.4, 0.5) is 0 Å². The van der Waals surface area contributed by atoms with Crippen LogP contribution in [0.15, 0.2) is 28.8 Å². The van der Waals surface area contributed by atoms with E-state index in [1.54, 1.807) is 16.8 Å². The average Bonchev–Trinajstić information content (AvgIpc) is 3.05. The maximum atomic E-state index is 11.3. The first-order valence-corrected chi connectivity index (χ1v) is 7.04. The van der Waals surface area contributed by atoms with Gasteiger partial charge in [0, 0.05) is 16.1 Å². The number of aryl methyl sites for hydroxylation is 2. The first-order chi connectivity index (χ1) is 10.6. The van der Waals surface area contributed by atoms with Crippen LogP contribution in [0.5, 0.6) is 0 Å². The van der Waals surface area contributed by atoms with Crippen molar-refractivity contribution in [1.29, 1.82) is 0 Å². The molecule has 1 aromatic carbocycles. The standard InChI is InChI=1S/C15H13ClN4O2/c1-9-13(10(2)22-18-9)7-20-15(14(8-21)17-19-20)11-4-3-5-12(16)6-11/h3-6,8H,7H2,1-2H3. The second-order valence-corrected chi connectivity index (χ2v) is 5.35. The molecule has 0 radical (unpaired) electrons. The molecule has 0 aliphatic rings. The maximum absolute atomic E-state index is 11.3. The molecule has 0 N–H and O–H groups in total. The molecule has 22 heavy (non-hydrogen) atoms. The van der Waals surface area contributed by atoms with Crippen LogP contribution < -0.4 is 0 Å². The van der Waals surface area contributed by atoms with Crippen LogP contribution in [-0.4, -0.2) is 26.4 Å². The molecule has 0 fully saturated rings. The van der Waals surface area contributed by atoms with Gasteiger partial charge in [0.05, 0.1) is 17.9 Å². The number of benzene rings is 1. The Hall–Kier alpha value is -2.47. The third-order valence-electron chi connectivity index (χ3n) is 3.46. The van der Waals surface area contributed by atoms with Crippen LogP contribution >= 0.6 is 11.6 Å². The maximum Gasteiger partial charge on any atom is 0.172 e. The van der Waals surface area contributed by atoms with Crippen molar-refractivity contribution in [2.24, 2.45) is 0 Å². The van der Waals surface area contributed by atoms with Gasteiger partial charge in [0.25, 0.3) is 0 Å². The van der Waals surface area contributed by atoms with E-state index >= 15 is 0 Å². The fourth-order valence-electron chi connectivity index (χ4n) is 2.33. The van der Waals surface area contributed by atoms with Crippen LogP contribution in [-0.2, 0) is 6.54 Å². The summed E-state index contributed by atoms with van der Waals surface area (Å²) in [6.07, 6.45) is 0.688. The van der Waals surface area contributed by atoms with E-state index in [2.05, 4.69) is 15.5 Å². The van der Waals surface area contributed by atoms with Gasteiger partial charge in [-0.15, -0.1) is 5.10 Å². The molecule has 0 amide bonds. The van der Waals surface area contributed by atoms with E-state index in [9.17, 15) is 4.79 Å². The zero-order chi connectivity index (χ0) is 15.7. The van der Waals surface area contributed by atoms with E-state index in [1.165, 1.54) is 0 Å². The van der Waals surface area contributed by atoms with E-state index in [-0.39, 0.29) is 5.69 Å². The molecule has 112 valence electrons. The summed E-state index contributed by atoms with van der Waals surface area (Å²) in [7, 11) is 0. The second kappa shape index (κ2) is 5.73. The number of rotatable bonds is 4. The van der Waals surface area contributed by atoms with Crippen molar-refractivity contribution in [3.8, 4) is 11.3 Å². The average molecular weight is 317 g/mol. The topological polar surface area (TPSA) is 73.8 Å². The molecule has 0 atom stereocenters. The van der Waals surface area contributed by atoms with Crippen molar-refractivity contribution in [2.75, 3.05) is 0 Å². The third-order valence-corrected chi connectivity index (χ3v) is 3.70. The normalized spacial score (nSPS) is 10.9. The Labute approximate surface area is 131 Å². The summed E-state index contributed by atoms with van der Waals surface area (Å²) in [6.45, 7) is 4.12. The van der Waals surface area contributed by atoms with Gasteiger partial charge in [0.2, 0.25) is 0 Å². The number of carbonyl (C=O) groups is 1. The molecule has 2 heterocycles. The summed E-state index contributed by atoms with van der Waals surface area (Å²) in [5.41, 5.74) is 3.39. The Bertz CT molecular complexity index is 818. The summed E-state index contributed by atoms with van der Waals surface area (Å²) < 4.78 is 6.82. The lowest BCUT2D eigenvalue weighted by Gasteiger charge is -2.07. The zero-order valence-corrected chi connectivity index (χ0v) is 12.8.